The van der Waals surface area contributed by atoms with Gasteiger partial charge < -0.3 is 5.32 Å². The molecule has 21 heavy (non-hydrogen) atoms. The number of nitrogens with one attached hydrogen (secondary N) is 1. The van der Waals surface area contributed by atoms with Crippen molar-refractivity contribution in [2.45, 2.75) is 51.1 Å². The van der Waals surface area contributed by atoms with E-state index in [1.807, 2.05) is 4.68 Å². The Bertz CT molecular complexity index is 600. The highest BCUT2D eigenvalue weighted by molar-refractivity contribution is 5.36. The van der Waals surface area contributed by atoms with Crippen molar-refractivity contribution < 1.29 is 0 Å². The fourth-order valence-corrected chi connectivity index (χ4v) is 3.45. The van der Waals surface area contributed by atoms with E-state index in [9.17, 15) is 0 Å². The van der Waals surface area contributed by atoms with Gasteiger partial charge in [0.1, 0.15) is 0 Å². The van der Waals surface area contributed by atoms with Gasteiger partial charge in [-0.2, -0.15) is 5.10 Å². The summed E-state index contributed by atoms with van der Waals surface area (Å²) in [5.41, 5.74) is 4.24. The fourth-order valence-electron chi connectivity index (χ4n) is 3.45. The number of likely N-dealkylation sites (N-methyl/N-ethyl adjacent to an activating group) is 1. The van der Waals surface area contributed by atoms with Crippen LogP contribution in [0.15, 0.2) is 36.5 Å². The van der Waals surface area contributed by atoms with E-state index in [1.165, 1.54) is 29.7 Å². The van der Waals surface area contributed by atoms with E-state index < -0.39 is 0 Å². The van der Waals surface area contributed by atoms with Crippen molar-refractivity contribution in [3.8, 4) is 0 Å². The van der Waals surface area contributed by atoms with Gasteiger partial charge >= 0.3 is 0 Å². The van der Waals surface area contributed by atoms with Crippen molar-refractivity contribution in [2.75, 3.05) is 7.05 Å². The number of hydrogen-bond acceptors (Lipinski definition) is 2. The topological polar surface area (TPSA) is 29.9 Å². The summed E-state index contributed by atoms with van der Waals surface area (Å²) in [5.74, 6) is 0.607. The zero-order valence-corrected chi connectivity index (χ0v) is 13.2. The van der Waals surface area contributed by atoms with Gasteiger partial charge in [0, 0.05) is 30.6 Å². The van der Waals surface area contributed by atoms with Crippen molar-refractivity contribution in [2.24, 2.45) is 0 Å². The van der Waals surface area contributed by atoms with Gasteiger partial charge in [0.25, 0.3) is 0 Å². The zero-order valence-electron chi connectivity index (χ0n) is 13.2. The predicted octanol–water partition coefficient (Wildman–Crippen LogP) is 3.32. The first-order valence-electron chi connectivity index (χ1n) is 7.98. The third kappa shape index (κ3) is 2.88. The molecule has 0 radical (unpaired) electrons. The van der Waals surface area contributed by atoms with Crippen molar-refractivity contribution in [3.05, 3.63) is 53.3 Å². The Morgan fingerprint density at radius 1 is 1.29 bits per heavy atom. The molecule has 3 nitrogen and oxygen atoms in total. The molecule has 3 heteroatoms. The molecule has 1 aromatic carbocycles. The van der Waals surface area contributed by atoms with Crippen LogP contribution in [0, 0.1) is 0 Å². The van der Waals surface area contributed by atoms with E-state index in [4.69, 9.17) is 5.10 Å². The second-order valence-corrected chi connectivity index (χ2v) is 6.32. The Kier molecular flexibility index (Phi) is 4.11. The van der Waals surface area contributed by atoms with Crippen LogP contribution in [0.25, 0.3) is 0 Å². The van der Waals surface area contributed by atoms with E-state index in [2.05, 4.69) is 62.7 Å². The smallest absolute Gasteiger partial charge is 0.0640 e. The molecule has 0 bridgehead atoms. The summed E-state index contributed by atoms with van der Waals surface area (Å²) in [4.78, 5) is 0. The Hall–Kier alpha value is -1.61. The number of rotatable bonds is 5. The maximum atomic E-state index is 4.70. The van der Waals surface area contributed by atoms with E-state index in [-0.39, 0.29) is 0 Å². The molecular formula is C18H25N3. The van der Waals surface area contributed by atoms with Gasteiger partial charge in [0.05, 0.1) is 5.69 Å². The van der Waals surface area contributed by atoms with E-state index in [0.29, 0.717) is 18.0 Å². The molecule has 0 aliphatic heterocycles. The Balaban J connectivity index is 1.77. The fraction of sp³-hybridized carbons (Fsp3) is 0.500. The summed E-state index contributed by atoms with van der Waals surface area (Å²) in [6, 6.07) is 11.9. The third-order valence-corrected chi connectivity index (χ3v) is 4.66. The molecule has 1 aliphatic carbocycles. The van der Waals surface area contributed by atoms with Crippen molar-refractivity contribution >= 4 is 0 Å². The summed E-state index contributed by atoms with van der Waals surface area (Å²) in [5, 5.41) is 8.22. The minimum atomic E-state index is 0.430. The van der Waals surface area contributed by atoms with Crippen LogP contribution in [0.3, 0.4) is 0 Å². The average Bonchev–Trinajstić information content (AvgIpc) is 3.11. The molecule has 0 saturated heterocycles. The van der Waals surface area contributed by atoms with E-state index >= 15 is 0 Å². The zero-order chi connectivity index (χ0) is 14.8. The third-order valence-electron chi connectivity index (χ3n) is 4.66. The van der Waals surface area contributed by atoms with Gasteiger partial charge in [-0.1, -0.05) is 24.3 Å². The summed E-state index contributed by atoms with van der Waals surface area (Å²) in [7, 11) is 2.07. The summed E-state index contributed by atoms with van der Waals surface area (Å²) >= 11 is 0. The Labute approximate surface area is 127 Å². The maximum Gasteiger partial charge on any atom is 0.0640 e. The minimum Gasteiger partial charge on any atom is -0.316 e. The van der Waals surface area contributed by atoms with Gasteiger partial charge in [0.15, 0.2) is 0 Å². The lowest BCUT2D eigenvalue weighted by molar-refractivity contribution is 0.446. The molecule has 2 atom stereocenters. The monoisotopic (exact) mass is 283 g/mol. The number of hydrogen-bond donors (Lipinski definition) is 1. The molecule has 2 aromatic rings. The standard InChI is InChI=1S/C18H25N3/c1-13(2)21-11-10-15(20-21)12-18(19-3)17-9-8-14-6-4-5-7-16(14)17/h4-7,10-11,13,17-19H,8-9,12H2,1-3H3. The highest BCUT2D eigenvalue weighted by Gasteiger charge is 2.29. The van der Waals surface area contributed by atoms with Crippen LogP contribution in [-0.2, 0) is 12.8 Å². The molecular weight excluding hydrogens is 258 g/mol. The van der Waals surface area contributed by atoms with Gasteiger partial charge in [-0.15, -0.1) is 0 Å². The number of nitrogens with zero attached hydrogens (tertiary/aromatic N) is 2. The van der Waals surface area contributed by atoms with E-state index in [0.717, 1.165) is 6.42 Å². The van der Waals surface area contributed by atoms with Crippen molar-refractivity contribution in [3.63, 3.8) is 0 Å². The van der Waals surface area contributed by atoms with E-state index in [1.54, 1.807) is 0 Å². The molecule has 0 saturated carbocycles. The molecule has 1 N–H and O–H groups in total. The van der Waals surface area contributed by atoms with Gasteiger partial charge in [0.2, 0.25) is 0 Å². The second kappa shape index (κ2) is 6.02. The highest BCUT2D eigenvalue weighted by Crippen LogP contribution is 2.36. The van der Waals surface area contributed by atoms with Crippen molar-refractivity contribution in [1.29, 1.82) is 0 Å². The molecule has 1 aliphatic rings. The molecule has 0 amide bonds. The van der Waals surface area contributed by atoms with Gasteiger partial charge in [-0.05, 0) is 50.9 Å². The SMILES string of the molecule is CNC(Cc1ccn(C(C)C)n1)C1CCc2ccccc21. The lowest BCUT2D eigenvalue weighted by Gasteiger charge is -2.23. The van der Waals surface area contributed by atoms with Gasteiger partial charge in [-0.3, -0.25) is 4.68 Å². The number of fused-ring (bicyclic) bond motifs is 1. The van der Waals surface area contributed by atoms with Crippen LogP contribution in [0.1, 0.15) is 49.0 Å². The molecule has 1 heterocycles. The molecule has 0 fully saturated rings. The lowest BCUT2D eigenvalue weighted by atomic mass is 9.90. The number of aryl methyl sites for hydroxylation is 1. The largest absolute Gasteiger partial charge is 0.316 e. The summed E-state index contributed by atoms with van der Waals surface area (Å²) in [6.45, 7) is 4.33. The highest BCUT2D eigenvalue weighted by atomic mass is 15.3. The lowest BCUT2D eigenvalue weighted by Crippen LogP contribution is -2.33. The normalized spacial score (nSPS) is 19.0. The van der Waals surface area contributed by atoms with Crippen LogP contribution in [0.5, 0.6) is 0 Å². The molecule has 1 aromatic heterocycles. The quantitative estimate of drug-likeness (QED) is 0.912. The van der Waals surface area contributed by atoms with Crippen LogP contribution in [-0.4, -0.2) is 22.9 Å². The summed E-state index contributed by atoms with van der Waals surface area (Å²) in [6.07, 6.45) is 5.54. The van der Waals surface area contributed by atoms with Crippen LogP contribution >= 0.6 is 0 Å². The first-order valence-corrected chi connectivity index (χ1v) is 7.98. The molecule has 2 unspecified atom stereocenters. The predicted molar refractivity (Wildman–Crippen MR) is 86.7 cm³/mol. The molecule has 0 spiro atoms. The first kappa shape index (κ1) is 14.3. The Morgan fingerprint density at radius 3 is 2.81 bits per heavy atom. The maximum absolute atomic E-state index is 4.70. The van der Waals surface area contributed by atoms with Crippen molar-refractivity contribution in [1.82, 2.24) is 15.1 Å². The minimum absolute atomic E-state index is 0.430. The van der Waals surface area contributed by atoms with Crippen LogP contribution < -0.4 is 5.32 Å². The average molecular weight is 283 g/mol. The first-order chi connectivity index (χ1) is 10.2. The second-order valence-electron chi connectivity index (χ2n) is 6.32. The molecule has 112 valence electrons. The number of benzene rings is 1. The van der Waals surface area contributed by atoms with Gasteiger partial charge in [-0.25, -0.2) is 0 Å². The van der Waals surface area contributed by atoms with Crippen LogP contribution in [0.2, 0.25) is 0 Å². The summed E-state index contributed by atoms with van der Waals surface area (Å²) < 4.78 is 2.05. The molecule has 3 rings (SSSR count). The van der Waals surface area contributed by atoms with Crippen LogP contribution in [0.4, 0.5) is 0 Å². The number of aromatic nitrogens is 2. The Morgan fingerprint density at radius 2 is 2.10 bits per heavy atom.